The number of rotatable bonds is 1. The smallest absolute Gasteiger partial charge is 0.306 e. The summed E-state index contributed by atoms with van der Waals surface area (Å²) in [6.07, 6.45) is -0.0867. The fourth-order valence-electron chi connectivity index (χ4n) is 1.52. The van der Waals surface area contributed by atoms with Gasteiger partial charge in [0, 0.05) is 6.42 Å². The number of benzene rings is 1. The van der Waals surface area contributed by atoms with Gasteiger partial charge in [0.25, 0.3) is 0 Å². The van der Waals surface area contributed by atoms with E-state index in [2.05, 4.69) is 0 Å². The van der Waals surface area contributed by atoms with Crippen molar-refractivity contribution in [1.29, 1.82) is 0 Å². The Hall–Kier alpha value is -1.52. The summed E-state index contributed by atoms with van der Waals surface area (Å²) in [5, 5.41) is 0. The third-order valence-electron chi connectivity index (χ3n) is 2.26. The topological polar surface area (TPSA) is 26.3 Å². The number of ether oxygens (including phenoxy) is 1. The molecule has 1 atom stereocenters. The molecule has 1 heterocycles. The molecule has 1 aromatic rings. The van der Waals surface area contributed by atoms with E-state index in [1.807, 2.05) is 0 Å². The molecule has 0 aromatic heterocycles. The van der Waals surface area contributed by atoms with Crippen molar-refractivity contribution in [2.75, 3.05) is 0 Å². The highest BCUT2D eigenvalue weighted by Gasteiger charge is 2.26. The number of carbonyl (C=O) groups is 1. The first kappa shape index (κ1) is 10.0. The Morgan fingerprint density at radius 2 is 1.80 bits per heavy atom. The van der Waals surface area contributed by atoms with Gasteiger partial charge in [-0.05, 0) is 24.1 Å². The number of esters is 1. The number of carbonyl (C=O) groups excluding carboxylic acids is 1. The zero-order chi connectivity index (χ0) is 11.0. The molecule has 1 unspecified atom stereocenters. The second-order valence-electron chi connectivity index (χ2n) is 3.32. The lowest BCUT2D eigenvalue weighted by molar-refractivity contribution is -0.141. The van der Waals surface area contributed by atoms with Gasteiger partial charge in [-0.3, -0.25) is 4.79 Å². The highest BCUT2D eigenvalue weighted by Crippen LogP contribution is 2.30. The van der Waals surface area contributed by atoms with Crippen LogP contribution in [0.4, 0.5) is 13.2 Å². The van der Waals surface area contributed by atoms with E-state index in [9.17, 15) is 18.0 Å². The molecule has 0 saturated carbocycles. The summed E-state index contributed by atoms with van der Waals surface area (Å²) in [6, 6.07) is 1.70. The molecule has 2 nitrogen and oxygen atoms in total. The molecule has 1 fully saturated rings. The lowest BCUT2D eigenvalue weighted by Crippen LogP contribution is -2.02. The zero-order valence-corrected chi connectivity index (χ0v) is 7.60. The van der Waals surface area contributed by atoms with E-state index in [0.717, 1.165) is 12.1 Å². The van der Waals surface area contributed by atoms with Crippen molar-refractivity contribution in [3.8, 4) is 0 Å². The molecule has 0 N–H and O–H groups in total. The van der Waals surface area contributed by atoms with Crippen LogP contribution >= 0.6 is 0 Å². The van der Waals surface area contributed by atoms with Crippen LogP contribution in [0, 0.1) is 17.5 Å². The van der Waals surface area contributed by atoms with Crippen LogP contribution in [0.3, 0.4) is 0 Å². The van der Waals surface area contributed by atoms with Crippen LogP contribution in [0.25, 0.3) is 0 Å². The minimum Gasteiger partial charge on any atom is -0.457 e. The monoisotopic (exact) mass is 216 g/mol. The second-order valence-corrected chi connectivity index (χ2v) is 3.32. The molecule has 0 bridgehead atoms. The maximum absolute atomic E-state index is 12.8. The maximum Gasteiger partial charge on any atom is 0.306 e. The van der Waals surface area contributed by atoms with Crippen molar-refractivity contribution >= 4 is 5.97 Å². The standard InChI is InChI=1S/C10H7F3O2/c11-6-3-5(4-7(12)10(6)13)8-1-2-9(14)15-8/h3-4,8H,1-2H2. The number of hydrogen-bond donors (Lipinski definition) is 0. The van der Waals surface area contributed by atoms with E-state index >= 15 is 0 Å². The maximum atomic E-state index is 12.8. The molecule has 0 radical (unpaired) electrons. The van der Waals surface area contributed by atoms with Crippen LogP contribution in [0.1, 0.15) is 24.5 Å². The molecule has 2 rings (SSSR count). The molecule has 1 aromatic carbocycles. The summed E-state index contributed by atoms with van der Waals surface area (Å²) in [7, 11) is 0. The van der Waals surface area contributed by atoms with Crippen molar-refractivity contribution in [2.24, 2.45) is 0 Å². The van der Waals surface area contributed by atoms with Gasteiger partial charge in [0.05, 0.1) is 0 Å². The highest BCUT2D eigenvalue weighted by molar-refractivity contribution is 5.71. The molecule has 0 aliphatic carbocycles. The van der Waals surface area contributed by atoms with E-state index in [4.69, 9.17) is 4.74 Å². The summed E-state index contributed by atoms with van der Waals surface area (Å²) < 4.78 is 43.1. The average Bonchev–Trinajstić information content (AvgIpc) is 2.60. The third kappa shape index (κ3) is 1.82. The minimum absolute atomic E-state index is 0.150. The van der Waals surface area contributed by atoms with Crippen LogP contribution in [-0.4, -0.2) is 5.97 Å². The van der Waals surface area contributed by atoms with Gasteiger partial charge in [-0.2, -0.15) is 0 Å². The quantitative estimate of drug-likeness (QED) is 0.532. The van der Waals surface area contributed by atoms with Gasteiger partial charge >= 0.3 is 5.97 Å². The first-order valence-electron chi connectivity index (χ1n) is 4.42. The summed E-state index contributed by atoms with van der Waals surface area (Å²) in [5.41, 5.74) is 0.150. The molecule has 1 saturated heterocycles. The SMILES string of the molecule is O=C1CCC(c2cc(F)c(F)c(F)c2)O1. The fraction of sp³-hybridized carbons (Fsp3) is 0.300. The fourth-order valence-corrected chi connectivity index (χ4v) is 1.52. The molecule has 15 heavy (non-hydrogen) atoms. The van der Waals surface area contributed by atoms with Crippen LogP contribution in [0.5, 0.6) is 0 Å². The number of hydrogen-bond acceptors (Lipinski definition) is 2. The summed E-state index contributed by atoms with van der Waals surface area (Å²) >= 11 is 0. The lowest BCUT2D eigenvalue weighted by Gasteiger charge is -2.09. The Bertz CT molecular complexity index is 394. The van der Waals surface area contributed by atoms with Crippen molar-refractivity contribution < 1.29 is 22.7 Å². The van der Waals surface area contributed by atoms with Crippen LogP contribution in [0.15, 0.2) is 12.1 Å². The van der Waals surface area contributed by atoms with Crippen LogP contribution < -0.4 is 0 Å². The largest absolute Gasteiger partial charge is 0.457 e. The van der Waals surface area contributed by atoms with Gasteiger partial charge < -0.3 is 4.74 Å². The molecular formula is C10H7F3O2. The van der Waals surface area contributed by atoms with Crippen LogP contribution in [-0.2, 0) is 9.53 Å². The molecule has 0 spiro atoms. The Balaban J connectivity index is 2.33. The van der Waals surface area contributed by atoms with E-state index < -0.39 is 29.5 Å². The Labute approximate surface area is 83.7 Å². The lowest BCUT2D eigenvalue weighted by atomic mass is 10.1. The molecule has 80 valence electrons. The zero-order valence-electron chi connectivity index (χ0n) is 7.60. The van der Waals surface area contributed by atoms with E-state index in [-0.39, 0.29) is 12.0 Å². The number of cyclic esters (lactones) is 1. The van der Waals surface area contributed by atoms with Gasteiger partial charge in [0.2, 0.25) is 0 Å². The first-order valence-corrected chi connectivity index (χ1v) is 4.42. The van der Waals surface area contributed by atoms with Gasteiger partial charge in [-0.15, -0.1) is 0 Å². The van der Waals surface area contributed by atoms with Crippen molar-refractivity contribution in [3.63, 3.8) is 0 Å². The van der Waals surface area contributed by atoms with Crippen molar-refractivity contribution in [3.05, 3.63) is 35.1 Å². The first-order chi connectivity index (χ1) is 7.08. The van der Waals surface area contributed by atoms with Gasteiger partial charge in [0.1, 0.15) is 6.10 Å². The van der Waals surface area contributed by atoms with Crippen molar-refractivity contribution in [2.45, 2.75) is 18.9 Å². The van der Waals surface area contributed by atoms with Crippen molar-refractivity contribution in [1.82, 2.24) is 0 Å². The average molecular weight is 216 g/mol. The minimum atomic E-state index is -1.51. The number of halogens is 3. The predicted octanol–water partition coefficient (Wildman–Crippen LogP) is 2.48. The Kier molecular flexibility index (Phi) is 2.38. The predicted molar refractivity (Wildman–Crippen MR) is 44.4 cm³/mol. The van der Waals surface area contributed by atoms with Gasteiger partial charge in [-0.1, -0.05) is 0 Å². The van der Waals surface area contributed by atoms with Crippen LogP contribution in [0.2, 0.25) is 0 Å². The molecular weight excluding hydrogens is 209 g/mol. The highest BCUT2D eigenvalue weighted by atomic mass is 19.2. The second kappa shape index (κ2) is 3.56. The summed E-state index contributed by atoms with van der Waals surface area (Å²) in [6.45, 7) is 0. The molecule has 1 aliphatic heterocycles. The normalized spacial score (nSPS) is 20.5. The molecule has 1 aliphatic rings. The van der Waals surface area contributed by atoms with E-state index in [1.165, 1.54) is 0 Å². The Morgan fingerprint density at radius 3 is 2.27 bits per heavy atom. The molecule has 5 heteroatoms. The summed E-state index contributed by atoms with van der Waals surface area (Å²) in [5.74, 6) is -4.46. The van der Waals surface area contributed by atoms with E-state index in [1.54, 1.807) is 0 Å². The van der Waals surface area contributed by atoms with Gasteiger partial charge in [-0.25, -0.2) is 13.2 Å². The Morgan fingerprint density at radius 1 is 1.20 bits per heavy atom. The van der Waals surface area contributed by atoms with Gasteiger partial charge in [0.15, 0.2) is 17.5 Å². The molecule has 0 amide bonds. The van der Waals surface area contributed by atoms with E-state index in [0.29, 0.717) is 6.42 Å². The third-order valence-corrected chi connectivity index (χ3v) is 2.26. The summed E-state index contributed by atoms with van der Waals surface area (Å²) in [4.78, 5) is 10.8.